The maximum atomic E-state index is 12.9. The zero-order valence-corrected chi connectivity index (χ0v) is 19.8. The minimum absolute atomic E-state index is 0. The number of hydrogen-bond acceptors (Lipinski definition) is 5. The summed E-state index contributed by atoms with van der Waals surface area (Å²) in [6.45, 7) is 0.842. The first-order valence-electron chi connectivity index (χ1n) is 9.19. The van der Waals surface area contributed by atoms with Crippen molar-refractivity contribution in [3.63, 3.8) is 0 Å². The van der Waals surface area contributed by atoms with Gasteiger partial charge < -0.3 is 24.8 Å². The Hall–Kier alpha value is -2.44. The minimum Gasteiger partial charge on any atom is -0.493 e. The Morgan fingerprint density at radius 2 is 1.77 bits per heavy atom. The number of rotatable bonds is 9. The Labute approximate surface area is 196 Å². The monoisotopic (exact) mass is 554 g/mol. The third kappa shape index (κ3) is 8.31. The summed E-state index contributed by atoms with van der Waals surface area (Å²) in [6, 6.07) is 7.84. The fraction of sp³-hybridized carbons (Fsp3) is 0.400. The van der Waals surface area contributed by atoms with Crippen LogP contribution in [0.15, 0.2) is 41.5 Å². The molecular formula is C20H26F3IN4O3. The Balaban J connectivity index is 0.00000480. The van der Waals surface area contributed by atoms with Gasteiger partial charge in [0.05, 0.1) is 20.8 Å². The molecular weight excluding hydrogens is 528 g/mol. The van der Waals surface area contributed by atoms with Crippen LogP contribution in [0.1, 0.15) is 11.1 Å². The summed E-state index contributed by atoms with van der Waals surface area (Å²) < 4.78 is 54.5. The number of methoxy groups -OCH3 is 2. The van der Waals surface area contributed by atoms with Crippen LogP contribution in [0.5, 0.6) is 17.4 Å². The van der Waals surface area contributed by atoms with Crippen molar-refractivity contribution in [3.05, 3.63) is 47.7 Å². The van der Waals surface area contributed by atoms with Gasteiger partial charge in [-0.2, -0.15) is 13.2 Å². The molecule has 0 saturated heterocycles. The number of halogens is 4. The lowest BCUT2D eigenvalue weighted by Gasteiger charge is -2.14. The van der Waals surface area contributed by atoms with Gasteiger partial charge in [-0.25, -0.2) is 4.98 Å². The van der Waals surface area contributed by atoms with E-state index in [0.717, 1.165) is 11.6 Å². The second-order valence-electron chi connectivity index (χ2n) is 6.07. The van der Waals surface area contributed by atoms with Crippen LogP contribution in [-0.2, 0) is 12.6 Å². The van der Waals surface area contributed by atoms with Gasteiger partial charge in [0.25, 0.3) is 0 Å². The number of benzene rings is 1. The Bertz CT molecular complexity index is 851. The van der Waals surface area contributed by atoms with E-state index in [-0.39, 0.29) is 37.1 Å². The van der Waals surface area contributed by atoms with Crippen molar-refractivity contribution in [1.82, 2.24) is 15.6 Å². The number of guanidine groups is 1. The number of hydrogen-bond donors (Lipinski definition) is 2. The van der Waals surface area contributed by atoms with E-state index >= 15 is 0 Å². The highest BCUT2D eigenvalue weighted by atomic mass is 127. The first kappa shape index (κ1) is 26.6. The number of nitrogens with one attached hydrogen (secondary N) is 2. The summed E-state index contributed by atoms with van der Waals surface area (Å²) in [5.41, 5.74) is 0.149. The van der Waals surface area contributed by atoms with Crippen LogP contribution in [0.25, 0.3) is 0 Å². The largest absolute Gasteiger partial charge is 0.493 e. The molecule has 0 aliphatic carbocycles. The molecule has 1 aromatic heterocycles. The summed E-state index contributed by atoms with van der Waals surface area (Å²) >= 11 is 0. The van der Waals surface area contributed by atoms with E-state index in [9.17, 15) is 13.2 Å². The molecule has 7 nitrogen and oxygen atoms in total. The van der Waals surface area contributed by atoms with Crippen LogP contribution >= 0.6 is 24.0 Å². The van der Waals surface area contributed by atoms with Gasteiger partial charge in [-0.3, -0.25) is 4.99 Å². The van der Waals surface area contributed by atoms with Crippen LogP contribution in [0.3, 0.4) is 0 Å². The number of ether oxygens (including phenoxy) is 3. The average molecular weight is 554 g/mol. The molecule has 0 bridgehead atoms. The second-order valence-corrected chi connectivity index (χ2v) is 6.07. The average Bonchev–Trinajstić information content (AvgIpc) is 2.74. The predicted molar refractivity (Wildman–Crippen MR) is 123 cm³/mol. The first-order chi connectivity index (χ1) is 14.4. The van der Waals surface area contributed by atoms with Gasteiger partial charge in [-0.15, -0.1) is 24.0 Å². The van der Waals surface area contributed by atoms with Crippen molar-refractivity contribution in [2.24, 2.45) is 4.99 Å². The highest BCUT2D eigenvalue weighted by Gasteiger charge is 2.34. The molecule has 2 rings (SSSR count). The third-order valence-corrected chi connectivity index (χ3v) is 4.09. The molecule has 0 atom stereocenters. The summed E-state index contributed by atoms with van der Waals surface area (Å²) in [4.78, 5) is 7.74. The van der Waals surface area contributed by atoms with Gasteiger partial charge >= 0.3 is 6.18 Å². The van der Waals surface area contributed by atoms with E-state index < -0.39 is 17.6 Å². The maximum Gasteiger partial charge on any atom is 0.421 e. The van der Waals surface area contributed by atoms with Crippen LogP contribution in [0, 0.1) is 0 Å². The lowest BCUT2D eigenvalue weighted by atomic mass is 10.1. The molecule has 2 aromatic rings. The van der Waals surface area contributed by atoms with Crippen LogP contribution in [0.2, 0.25) is 0 Å². The molecule has 11 heteroatoms. The SMILES string of the molecule is CN=C(NCCOc1ncccc1C(F)(F)F)NCCc1ccc(OC)c(OC)c1.I. The Kier molecular flexibility index (Phi) is 11.2. The fourth-order valence-corrected chi connectivity index (χ4v) is 2.62. The maximum absolute atomic E-state index is 12.9. The number of aromatic nitrogens is 1. The smallest absolute Gasteiger partial charge is 0.421 e. The zero-order chi connectivity index (χ0) is 22.0. The van der Waals surface area contributed by atoms with E-state index in [1.54, 1.807) is 21.3 Å². The van der Waals surface area contributed by atoms with Crippen molar-refractivity contribution in [2.45, 2.75) is 12.6 Å². The summed E-state index contributed by atoms with van der Waals surface area (Å²) in [6.07, 6.45) is -2.55. The fourth-order valence-electron chi connectivity index (χ4n) is 2.62. The van der Waals surface area contributed by atoms with Crippen molar-refractivity contribution in [3.8, 4) is 17.4 Å². The topological polar surface area (TPSA) is 77.0 Å². The van der Waals surface area contributed by atoms with E-state index in [1.807, 2.05) is 18.2 Å². The van der Waals surface area contributed by atoms with Gasteiger partial charge in [-0.1, -0.05) is 6.07 Å². The summed E-state index contributed by atoms with van der Waals surface area (Å²) in [5, 5.41) is 6.12. The van der Waals surface area contributed by atoms with E-state index in [1.165, 1.54) is 12.3 Å². The van der Waals surface area contributed by atoms with E-state index in [4.69, 9.17) is 14.2 Å². The number of aliphatic imine (C=N–C) groups is 1. The summed E-state index contributed by atoms with van der Waals surface area (Å²) in [7, 11) is 4.76. The molecule has 1 heterocycles. The molecule has 0 fully saturated rings. The molecule has 0 amide bonds. The van der Waals surface area contributed by atoms with Crippen molar-refractivity contribution >= 4 is 29.9 Å². The quantitative estimate of drug-likeness (QED) is 0.214. The van der Waals surface area contributed by atoms with Gasteiger partial charge in [0.1, 0.15) is 12.2 Å². The number of nitrogens with zero attached hydrogens (tertiary/aromatic N) is 2. The van der Waals surface area contributed by atoms with Crippen LogP contribution < -0.4 is 24.8 Å². The zero-order valence-electron chi connectivity index (χ0n) is 17.5. The molecule has 1 aromatic carbocycles. The minimum atomic E-state index is -4.52. The molecule has 172 valence electrons. The van der Waals surface area contributed by atoms with E-state index in [2.05, 4.69) is 20.6 Å². The van der Waals surface area contributed by atoms with Gasteiger partial charge in [0.2, 0.25) is 5.88 Å². The van der Waals surface area contributed by atoms with Crippen molar-refractivity contribution < 1.29 is 27.4 Å². The molecule has 0 aliphatic rings. The van der Waals surface area contributed by atoms with Crippen LogP contribution in [0.4, 0.5) is 13.2 Å². The number of alkyl halides is 3. The Morgan fingerprint density at radius 1 is 1.06 bits per heavy atom. The third-order valence-electron chi connectivity index (χ3n) is 4.09. The van der Waals surface area contributed by atoms with E-state index in [0.29, 0.717) is 30.4 Å². The highest BCUT2D eigenvalue weighted by Crippen LogP contribution is 2.34. The first-order valence-corrected chi connectivity index (χ1v) is 9.19. The molecule has 0 saturated carbocycles. The van der Waals surface area contributed by atoms with Crippen molar-refractivity contribution in [2.75, 3.05) is 41.0 Å². The van der Waals surface area contributed by atoms with Gasteiger partial charge in [0.15, 0.2) is 17.5 Å². The van der Waals surface area contributed by atoms with Crippen molar-refractivity contribution in [1.29, 1.82) is 0 Å². The summed E-state index contributed by atoms with van der Waals surface area (Å²) in [5.74, 6) is 1.38. The van der Waals surface area contributed by atoms with Gasteiger partial charge in [-0.05, 0) is 36.2 Å². The molecule has 0 radical (unpaired) electrons. The molecule has 0 spiro atoms. The Morgan fingerprint density at radius 3 is 2.42 bits per heavy atom. The molecule has 0 aliphatic heterocycles. The predicted octanol–water partition coefficient (Wildman–Crippen LogP) is 3.52. The lowest BCUT2D eigenvalue weighted by Crippen LogP contribution is -2.40. The normalized spacial score (nSPS) is 11.4. The lowest BCUT2D eigenvalue weighted by molar-refractivity contribution is -0.139. The highest BCUT2D eigenvalue weighted by molar-refractivity contribution is 14.0. The standard InChI is InChI=1S/C20H25F3N4O3.HI/c1-24-19(26-10-8-14-6-7-16(28-2)17(13-14)29-3)27-11-12-30-18-15(20(21,22)23)5-4-9-25-18;/h4-7,9,13H,8,10-12H2,1-3H3,(H2,24,26,27);1H. The molecule has 31 heavy (non-hydrogen) atoms. The molecule has 0 unspecified atom stereocenters. The second kappa shape index (κ2) is 13.1. The number of pyridine rings is 1. The van der Waals surface area contributed by atoms with Crippen LogP contribution in [-0.4, -0.2) is 51.9 Å². The molecule has 2 N–H and O–H groups in total. The van der Waals surface area contributed by atoms with Gasteiger partial charge in [0, 0.05) is 19.8 Å².